The number of aliphatic hydroxyl groups is 1. The Kier molecular flexibility index (Phi) is 8.82. The summed E-state index contributed by atoms with van der Waals surface area (Å²) in [5.41, 5.74) is 3.73. The summed E-state index contributed by atoms with van der Waals surface area (Å²) in [6.07, 6.45) is 0.428. The number of likely N-dealkylation sites (N-methyl/N-ethyl adjacent to an activating group) is 1. The molecule has 186 valence electrons. The van der Waals surface area contributed by atoms with Crippen molar-refractivity contribution in [2.24, 2.45) is 0 Å². The third-order valence-electron chi connectivity index (χ3n) is 6.75. The predicted molar refractivity (Wildman–Crippen MR) is 150 cm³/mol. The van der Waals surface area contributed by atoms with Crippen molar-refractivity contribution in [1.29, 1.82) is 0 Å². The smallest absolute Gasteiger partial charge is 0.119 e. The van der Waals surface area contributed by atoms with Crippen LogP contribution >= 0.6 is 11.6 Å². The van der Waals surface area contributed by atoms with Crippen molar-refractivity contribution in [2.75, 3.05) is 26.2 Å². The van der Waals surface area contributed by atoms with E-state index < -0.39 is 5.60 Å². The normalized spacial score (nSPS) is 12.9. The van der Waals surface area contributed by atoms with Gasteiger partial charge in [0.2, 0.25) is 0 Å². The van der Waals surface area contributed by atoms with Gasteiger partial charge in [-0.25, -0.2) is 0 Å². The fourth-order valence-electron chi connectivity index (χ4n) is 4.50. The fraction of sp³-hybridized carbons (Fsp3) is 0.250. The van der Waals surface area contributed by atoms with Gasteiger partial charge in [0, 0.05) is 18.0 Å². The molecule has 36 heavy (non-hydrogen) atoms. The molecule has 0 saturated carbocycles. The number of ether oxygens (including phenoxy) is 1. The van der Waals surface area contributed by atoms with E-state index in [1.54, 1.807) is 0 Å². The Morgan fingerprint density at radius 2 is 1.28 bits per heavy atom. The summed E-state index contributed by atoms with van der Waals surface area (Å²) >= 11 is 6.11. The maximum Gasteiger partial charge on any atom is 0.119 e. The molecule has 4 rings (SSSR count). The van der Waals surface area contributed by atoms with E-state index in [-0.39, 0.29) is 0 Å². The molecule has 0 aromatic heterocycles. The first-order valence-corrected chi connectivity index (χ1v) is 13.0. The van der Waals surface area contributed by atoms with Crippen LogP contribution in [0.25, 0.3) is 11.1 Å². The van der Waals surface area contributed by atoms with Crippen LogP contribution in [0, 0.1) is 0 Å². The van der Waals surface area contributed by atoms with E-state index in [1.165, 1.54) is 0 Å². The van der Waals surface area contributed by atoms with Crippen LogP contribution in [0.2, 0.25) is 5.02 Å². The summed E-state index contributed by atoms with van der Waals surface area (Å²) in [6.45, 7) is 7.87. The molecule has 4 aromatic carbocycles. The molecule has 0 aliphatic rings. The standard InChI is InChI=1S/C32H34ClNO2/c1-3-34(4-2)22-23-36-31-20-16-29(17-21-31)32(35,24-25-10-18-30(33)19-11-25)28-14-12-27(13-15-28)26-8-6-5-7-9-26/h5-21,35H,3-4,22-24H2,1-2H3. The van der Waals surface area contributed by atoms with Gasteiger partial charge in [-0.15, -0.1) is 0 Å². The van der Waals surface area contributed by atoms with E-state index in [9.17, 15) is 5.11 Å². The average molecular weight is 500 g/mol. The van der Waals surface area contributed by atoms with Crippen LogP contribution in [0.3, 0.4) is 0 Å². The van der Waals surface area contributed by atoms with Crippen LogP contribution in [0.5, 0.6) is 5.75 Å². The lowest BCUT2D eigenvalue weighted by molar-refractivity contribution is 0.0811. The molecule has 0 aliphatic carbocycles. The van der Waals surface area contributed by atoms with E-state index in [2.05, 4.69) is 43.0 Å². The quantitative estimate of drug-likeness (QED) is 0.237. The molecule has 0 amide bonds. The summed E-state index contributed by atoms with van der Waals surface area (Å²) in [7, 11) is 0. The molecule has 0 aliphatic heterocycles. The van der Waals surface area contributed by atoms with Gasteiger partial charge >= 0.3 is 0 Å². The highest BCUT2D eigenvalue weighted by molar-refractivity contribution is 6.30. The third-order valence-corrected chi connectivity index (χ3v) is 7.00. The van der Waals surface area contributed by atoms with Crippen LogP contribution in [0.4, 0.5) is 0 Å². The van der Waals surface area contributed by atoms with E-state index in [1.807, 2.05) is 78.9 Å². The minimum Gasteiger partial charge on any atom is -0.492 e. The van der Waals surface area contributed by atoms with Gasteiger partial charge in [-0.05, 0) is 65.2 Å². The van der Waals surface area contributed by atoms with Crippen LogP contribution in [0.15, 0.2) is 103 Å². The Morgan fingerprint density at radius 3 is 1.86 bits per heavy atom. The summed E-state index contributed by atoms with van der Waals surface area (Å²) < 4.78 is 5.97. The minimum absolute atomic E-state index is 0.428. The van der Waals surface area contributed by atoms with Gasteiger partial charge in [-0.1, -0.05) is 104 Å². The second-order valence-corrected chi connectivity index (χ2v) is 9.44. The fourth-order valence-corrected chi connectivity index (χ4v) is 4.62. The number of halogens is 1. The van der Waals surface area contributed by atoms with Crippen molar-refractivity contribution < 1.29 is 9.84 Å². The lowest BCUT2D eigenvalue weighted by Crippen LogP contribution is -2.30. The van der Waals surface area contributed by atoms with Gasteiger partial charge in [0.25, 0.3) is 0 Å². The molecule has 1 atom stereocenters. The highest BCUT2D eigenvalue weighted by Gasteiger charge is 2.32. The minimum atomic E-state index is -1.21. The number of rotatable bonds is 11. The van der Waals surface area contributed by atoms with E-state index in [0.717, 1.165) is 53.2 Å². The van der Waals surface area contributed by atoms with Crippen molar-refractivity contribution in [3.05, 3.63) is 125 Å². The topological polar surface area (TPSA) is 32.7 Å². The Hall–Kier alpha value is -3.11. The molecule has 1 N–H and O–H groups in total. The molecule has 0 fully saturated rings. The molecule has 0 saturated heterocycles. The maximum absolute atomic E-state index is 12.2. The van der Waals surface area contributed by atoms with Gasteiger partial charge in [0.05, 0.1) is 0 Å². The first-order valence-electron chi connectivity index (χ1n) is 12.6. The number of benzene rings is 4. The molecule has 4 heteroatoms. The summed E-state index contributed by atoms with van der Waals surface area (Å²) in [5, 5.41) is 12.8. The Balaban J connectivity index is 1.60. The third kappa shape index (κ3) is 6.36. The van der Waals surface area contributed by atoms with Crippen molar-refractivity contribution in [3.63, 3.8) is 0 Å². The Bertz CT molecular complexity index is 1200. The lowest BCUT2D eigenvalue weighted by atomic mass is 9.81. The molecule has 0 heterocycles. The average Bonchev–Trinajstić information content (AvgIpc) is 2.93. The molecule has 3 nitrogen and oxygen atoms in total. The predicted octanol–water partition coefficient (Wildman–Crippen LogP) is 7.21. The first kappa shape index (κ1) is 26.0. The van der Waals surface area contributed by atoms with Crippen LogP contribution in [-0.2, 0) is 12.0 Å². The van der Waals surface area contributed by atoms with E-state index in [0.29, 0.717) is 18.1 Å². The van der Waals surface area contributed by atoms with Gasteiger partial charge in [0.1, 0.15) is 18.0 Å². The molecule has 4 aromatic rings. The zero-order valence-corrected chi connectivity index (χ0v) is 21.8. The second-order valence-electron chi connectivity index (χ2n) is 9.01. The van der Waals surface area contributed by atoms with Crippen molar-refractivity contribution >= 4 is 11.6 Å². The van der Waals surface area contributed by atoms with Crippen molar-refractivity contribution in [2.45, 2.75) is 25.9 Å². The number of hydrogen-bond donors (Lipinski definition) is 1. The van der Waals surface area contributed by atoms with Gasteiger partial charge in [-0.2, -0.15) is 0 Å². The molecule has 1 unspecified atom stereocenters. The van der Waals surface area contributed by atoms with Crippen LogP contribution < -0.4 is 4.74 Å². The Labute approximate surface area is 219 Å². The first-order chi connectivity index (χ1) is 17.5. The molecular weight excluding hydrogens is 466 g/mol. The largest absolute Gasteiger partial charge is 0.492 e. The SMILES string of the molecule is CCN(CC)CCOc1ccc(C(O)(Cc2ccc(Cl)cc2)c2ccc(-c3ccccc3)cc2)cc1. The number of hydrogen-bond acceptors (Lipinski definition) is 3. The van der Waals surface area contributed by atoms with E-state index >= 15 is 0 Å². The van der Waals surface area contributed by atoms with Crippen molar-refractivity contribution in [1.82, 2.24) is 4.90 Å². The zero-order chi connectivity index (χ0) is 25.4. The lowest BCUT2D eigenvalue weighted by Gasteiger charge is -2.30. The van der Waals surface area contributed by atoms with Gasteiger partial charge in [0.15, 0.2) is 0 Å². The summed E-state index contributed by atoms with van der Waals surface area (Å²) in [4.78, 5) is 2.33. The van der Waals surface area contributed by atoms with Crippen molar-refractivity contribution in [3.8, 4) is 16.9 Å². The maximum atomic E-state index is 12.2. The van der Waals surface area contributed by atoms with Gasteiger partial charge < -0.3 is 14.7 Å². The molecule has 0 radical (unpaired) electrons. The summed E-state index contributed by atoms with van der Waals surface area (Å²) in [5.74, 6) is 0.805. The second kappa shape index (κ2) is 12.2. The van der Waals surface area contributed by atoms with Crippen LogP contribution in [0.1, 0.15) is 30.5 Å². The monoisotopic (exact) mass is 499 g/mol. The van der Waals surface area contributed by atoms with E-state index in [4.69, 9.17) is 16.3 Å². The zero-order valence-electron chi connectivity index (χ0n) is 21.0. The van der Waals surface area contributed by atoms with Crippen LogP contribution in [-0.4, -0.2) is 36.2 Å². The molecule has 0 spiro atoms. The molecule has 0 bridgehead atoms. The molecular formula is C32H34ClNO2. The highest BCUT2D eigenvalue weighted by Crippen LogP contribution is 2.35. The number of nitrogens with zero attached hydrogens (tertiary/aromatic N) is 1. The Morgan fingerprint density at radius 1 is 0.722 bits per heavy atom. The highest BCUT2D eigenvalue weighted by atomic mass is 35.5. The van der Waals surface area contributed by atoms with Gasteiger partial charge in [-0.3, -0.25) is 0 Å². The summed E-state index contributed by atoms with van der Waals surface area (Å²) in [6, 6.07) is 33.9.